The lowest BCUT2D eigenvalue weighted by atomic mass is 10.1. The van der Waals surface area contributed by atoms with Crippen molar-refractivity contribution < 1.29 is 23.8 Å². The molecule has 1 atom stereocenters. The van der Waals surface area contributed by atoms with E-state index in [0.29, 0.717) is 23.7 Å². The summed E-state index contributed by atoms with van der Waals surface area (Å²) in [5.41, 5.74) is 0.448. The zero-order valence-electron chi connectivity index (χ0n) is 17.1. The molecule has 3 rings (SSSR count). The highest BCUT2D eigenvalue weighted by Crippen LogP contribution is 2.18. The molecule has 0 aliphatic carbocycles. The molecule has 8 nitrogen and oxygen atoms in total. The van der Waals surface area contributed by atoms with Gasteiger partial charge in [-0.2, -0.15) is 5.10 Å². The van der Waals surface area contributed by atoms with Crippen molar-refractivity contribution in [2.45, 2.75) is 65.0 Å². The fourth-order valence-electron chi connectivity index (χ4n) is 3.01. The second kappa shape index (κ2) is 9.28. The number of ketones is 1. The fraction of sp³-hybridized carbons (Fsp3) is 0.524. The highest BCUT2D eigenvalue weighted by Gasteiger charge is 2.20. The quantitative estimate of drug-likeness (QED) is 0.399. The van der Waals surface area contributed by atoms with Crippen LogP contribution in [0.4, 0.5) is 0 Å². The Kier molecular flexibility index (Phi) is 6.76. The first-order valence-corrected chi connectivity index (χ1v) is 9.79. The number of Topliss-reactive ketones (excluding diaryl/α,β-unsaturated/α-hetero) is 1. The van der Waals surface area contributed by atoms with Gasteiger partial charge in [-0.25, -0.2) is 9.67 Å². The Hall–Kier alpha value is -2.58. The summed E-state index contributed by atoms with van der Waals surface area (Å²) in [5, 5.41) is 4.24. The highest BCUT2D eigenvalue weighted by molar-refractivity contribution is 6.06. The van der Waals surface area contributed by atoms with Gasteiger partial charge in [0.2, 0.25) is 0 Å². The van der Waals surface area contributed by atoms with Gasteiger partial charge in [0.05, 0.1) is 5.69 Å². The molecule has 1 aromatic heterocycles. The van der Waals surface area contributed by atoms with Crippen LogP contribution in [-0.4, -0.2) is 45.0 Å². The van der Waals surface area contributed by atoms with Crippen molar-refractivity contribution in [2.75, 3.05) is 6.61 Å². The van der Waals surface area contributed by atoms with Crippen LogP contribution < -0.4 is 0 Å². The van der Waals surface area contributed by atoms with Crippen molar-refractivity contribution in [1.82, 2.24) is 14.8 Å². The minimum atomic E-state index is -0.628. The number of hydrogen-bond acceptors (Lipinski definition) is 7. The lowest BCUT2D eigenvalue weighted by Gasteiger charge is -2.22. The highest BCUT2D eigenvalue weighted by atomic mass is 16.7. The molecule has 1 fully saturated rings. The molecular weight excluding hydrogens is 374 g/mol. The maximum absolute atomic E-state index is 12.5. The van der Waals surface area contributed by atoms with E-state index in [1.54, 1.807) is 43.7 Å². The minimum absolute atomic E-state index is 0.226. The number of benzene rings is 1. The first kappa shape index (κ1) is 21.1. The standard InChI is InChI=1S/C21H27N3O5/c1-21(2,3)29-19(26)12-17(25)15-7-6-8-16(11-15)24-18(22-14-23-24)13-28-20-9-4-5-10-27-20/h6-8,11,14,20H,4-5,9-10,12-13H2,1-3H3. The largest absolute Gasteiger partial charge is 0.460 e. The number of carbonyl (C=O) groups excluding carboxylic acids is 2. The second-order valence-corrected chi connectivity index (χ2v) is 7.93. The molecule has 1 aliphatic rings. The molecular formula is C21H27N3O5. The zero-order chi connectivity index (χ0) is 20.9. The molecule has 0 spiro atoms. The Bertz CT molecular complexity index is 850. The summed E-state index contributed by atoms with van der Waals surface area (Å²) < 4.78 is 18.2. The van der Waals surface area contributed by atoms with Gasteiger partial charge in [-0.3, -0.25) is 9.59 Å². The van der Waals surface area contributed by atoms with Gasteiger partial charge in [0.15, 0.2) is 17.9 Å². The van der Waals surface area contributed by atoms with E-state index in [4.69, 9.17) is 14.2 Å². The third kappa shape index (κ3) is 6.20. The van der Waals surface area contributed by atoms with Gasteiger partial charge < -0.3 is 14.2 Å². The van der Waals surface area contributed by atoms with Crippen LogP contribution in [0.5, 0.6) is 0 Å². The monoisotopic (exact) mass is 401 g/mol. The third-order valence-electron chi connectivity index (χ3n) is 4.29. The molecule has 156 valence electrons. The van der Waals surface area contributed by atoms with E-state index in [2.05, 4.69) is 10.1 Å². The Morgan fingerprint density at radius 1 is 1.28 bits per heavy atom. The van der Waals surface area contributed by atoms with E-state index in [1.807, 2.05) is 6.07 Å². The first-order chi connectivity index (χ1) is 13.8. The van der Waals surface area contributed by atoms with Crippen LogP contribution in [0.25, 0.3) is 5.69 Å². The van der Waals surface area contributed by atoms with E-state index in [0.717, 1.165) is 19.3 Å². The van der Waals surface area contributed by atoms with Crippen molar-refractivity contribution in [3.8, 4) is 5.69 Å². The van der Waals surface area contributed by atoms with E-state index in [9.17, 15) is 9.59 Å². The van der Waals surface area contributed by atoms with Crippen LogP contribution in [0, 0.1) is 0 Å². The average Bonchev–Trinajstić information content (AvgIpc) is 3.14. The maximum atomic E-state index is 12.5. The van der Waals surface area contributed by atoms with Gasteiger partial charge in [0.25, 0.3) is 0 Å². The van der Waals surface area contributed by atoms with Gasteiger partial charge in [-0.05, 0) is 52.2 Å². The predicted octanol–water partition coefficient (Wildman–Crippen LogP) is 3.23. The molecule has 1 aromatic carbocycles. The van der Waals surface area contributed by atoms with Gasteiger partial charge >= 0.3 is 5.97 Å². The van der Waals surface area contributed by atoms with Crippen molar-refractivity contribution in [3.05, 3.63) is 42.0 Å². The summed E-state index contributed by atoms with van der Waals surface area (Å²) in [6.07, 6.45) is 3.90. The molecule has 1 unspecified atom stereocenters. The van der Waals surface area contributed by atoms with Crippen LogP contribution >= 0.6 is 0 Å². The molecule has 1 aliphatic heterocycles. The van der Waals surface area contributed by atoms with E-state index in [-0.39, 0.29) is 25.1 Å². The lowest BCUT2D eigenvalue weighted by Crippen LogP contribution is -2.25. The third-order valence-corrected chi connectivity index (χ3v) is 4.29. The van der Waals surface area contributed by atoms with Crippen LogP contribution in [0.1, 0.15) is 62.6 Å². The van der Waals surface area contributed by atoms with Crippen LogP contribution in [0.3, 0.4) is 0 Å². The molecule has 29 heavy (non-hydrogen) atoms. The molecule has 2 aromatic rings. The Labute approximate surface area is 170 Å². The maximum Gasteiger partial charge on any atom is 0.314 e. The Morgan fingerprint density at radius 3 is 2.83 bits per heavy atom. The minimum Gasteiger partial charge on any atom is -0.460 e. The molecule has 2 heterocycles. The Balaban J connectivity index is 1.67. The smallest absolute Gasteiger partial charge is 0.314 e. The Morgan fingerprint density at radius 2 is 2.10 bits per heavy atom. The number of aromatic nitrogens is 3. The summed E-state index contributed by atoms with van der Waals surface area (Å²) in [5.74, 6) is -0.249. The van der Waals surface area contributed by atoms with Crippen molar-refractivity contribution in [2.24, 2.45) is 0 Å². The molecule has 0 saturated carbocycles. The molecule has 8 heteroatoms. The number of hydrogen-bond donors (Lipinski definition) is 0. The van der Waals surface area contributed by atoms with Crippen molar-refractivity contribution in [3.63, 3.8) is 0 Å². The summed E-state index contributed by atoms with van der Waals surface area (Å²) >= 11 is 0. The number of ether oxygens (including phenoxy) is 3. The van der Waals surface area contributed by atoms with Crippen LogP contribution in [0.2, 0.25) is 0 Å². The van der Waals surface area contributed by atoms with Crippen molar-refractivity contribution in [1.29, 1.82) is 0 Å². The predicted molar refractivity (Wildman–Crippen MR) is 105 cm³/mol. The number of carbonyl (C=O) groups is 2. The van der Waals surface area contributed by atoms with Gasteiger partial charge in [-0.15, -0.1) is 0 Å². The molecule has 0 N–H and O–H groups in total. The lowest BCUT2D eigenvalue weighted by molar-refractivity contribution is -0.170. The van der Waals surface area contributed by atoms with Crippen LogP contribution in [-0.2, 0) is 25.6 Å². The van der Waals surface area contributed by atoms with E-state index >= 15 is 0 Å². The SMILES string of the molecule is CC(C)(C)OC(=O)CC(=O)c1cccc(-n2ncnc2COC2CCCCO2)c1. The number of rotatable bonds is 7. The number of nitrogens with zero attached hydrogens (tertiary/aromatic N) is 3. The fourth-order valence-corrected chi connectivity index (χ4v) is 3.01. The normalized spacial score (nSPS) is 17.1. The van der Waals surface area contributed by atoms with E-state index < -0.39 is 11.6 Å². The van der Waals surface area contributed by atoms with Gasteiger partial charge in [0, 0.05) is 12.2 Å². The topological polar surface area (TPSA) is 92.5 Å². The van der Waals surface area contributed by atoms with E-state index in [1.165, 1.54) is 6.33 Å². The summed E-state index contributed by atoms with van der Waals surface area (Å²) in [7, 11) is 0. The molecule has 0 bridgehead atoms. The molecule has 0 radical (unpaired) electrons. The van der Waals surface area contributed by atoms with Gasteiger partial charge in [0.1, 0.15) is 25.0 Å². The van der Waals surface area contributed by atoms with Gasteiger partial charge in [-0.1, -0.05) is 12.1 Å². The van der Waals surface area contributed by atoms with Crippen molar-refractivity contribution >= 4 is 11.8 Å². The summed E-state index contributed by atoms with van der Waals surface area (Å²) in [6.45, 7) is 6.26. The summed E-state index contributed by atoms with van der Waals surface area (Å²) in [6, 6.07) is 6.91. The second-order valence-electron chi connectivity index (χ2n) is 7.93. The zero-order valence-corrected chi connectivity index (χ0v) is 17.1. The first-order valence-electron chi connectivity index (χ1n) is 9.79. The molecule has 0 amide bonds. The van der Waals surface area contributed by atoms with Crippen LogP contribution in [0.15, 0.2) is 30.6 Å². The summed E-state index contributed by atoms with van der Waals surface area (Å²) in [4.78, 5) is 28.7. The molecule has 1 saturated heterocycles. The average molecular weight is 401 g/mol. The number of esters is 1.